The third kappa shape index (κ3) is 4.42. The number of para-hydroxylation sites is 1. The summed E-state index contributed by atoms with van der Waals surface area (Å²) in [5.41, 5.74) is 8.06. The van der Waals surface area contributed by atoms with Crippen LogP contribution in [0, 0.1) is 6.92 Å². The number of halogens is 1. The maximum atomic E-state index is 6.44. The Balaban J connectivity index is 1.62. The Morgan fingerprint density at radius 2 is 1.68 bits per heavy atom. The van der Waals surface area contributed by atoms with Gasteiger partial charge in [0, 0.05) is 27.4 Å². The normalized spacial score (nSPS) is 12.4. The highest BCUT2D eigenvalue weighted by atomic mass is 35.5. The Morgan fingerprint density at radius 1 is 0.912 bits per heavy atom. The minimum Gasteiger partial charge on any atom is -0.456 e. The summed E-state index contributed by atoms with van der Waals surface area (Å²) >= 11 is 6.44. The van der Waals surface area contributed by atoms with Crippen LogP contribution in [0.1, 0.15) is 31.9 Å². The van der Waals surface area contributed by atoms with Crippen molar-refractivity contribution in [1.82, 2.24) is 4.98 Å². The van der Waals surface area contributed by atoms with Gasteiger partial charge in [0.1, 0.15) is 17.2 Å². The van der Waals surface area contributed by atoms with E-state index in [-0.39, 0.29) is 5.41 Å². The van der Waals surface area contributed by atoms with Gasteiger partial charge in [-0.2, -0.15) is 5.10 Å². The van der Waals surface area contributed by atoms with Gasteiger partial charge < -0.3 is 4.42 Å². The highest BCUT2D eigenvalue weighted by molar-refractivity contribution is 6.32. The van der Waals surface area contributed by atoms with Crippen LogP contribution in [-0.4, -0.2) is 4.98 Å². The van der Waals surface area contributed by atoms with Gasteiger partial charge in [0.15, 0.2) is 0 Å². The number of benzene rings is 3. The topological polar surface area (TPSA) is 50.4 Å². The first-order chi connectivity index (χ1) is 16.3. The second kappa shape index (κ2) is 8.62. The monoisotopic (exact) mass is 467 g/mol. The third-order valence-electron chi connectivity index (χ3n) is 5.95. The highest BCUT2D eigenvalue weighted by Crippen LogP contribution is 2.29. The molecule has 2 aromatic heterocycles. The van der Waals surface area contributed by atoms with Crippen LogP contribution in [0.4, 0.5) is 5.82 Å². The fourth-order valence-electron chi connectivity index (χ4n) is 3.90. The van der Waals surface area contributed by atoms with Crippen molar-refractivity contribution in [2.45, 2.75) is 33.1 Å². The smallest absolute Gasteiger partial charge is 0.146 e. The summed E-state index contributed by atoms with van der Waals surface area (Å²) in [7, 11) is 0. The molecule has 1 N–H and O–H groups in total. The van der Waals surface area contributed by atoms with Gasteiger partial charge in [-0.1, -0.05) is 74.8 Å². The van der Waals surface area contributed by atoms with Crippen molar-refractivity contribution < 1.29 is 4.42 Å². The standard InChI is InChI=1S/C29H26ClN3O/c1-18-15-27-22(16-23(18)30)25(32-33-28-14-11-19-7-5-6-8-24(19)31-28)17-26(34-27)20-9-12-21(13-10-20)29(2,3)4/h5-17H,1-4H3,(H,31,33). The van der Waals surface area contributed by atoms with E-state index < -0.39 is 0 Å². The molecule has 0 atom stereocenters. The summed E-state index contributed by atoms with van der Waals surface area (Å²) < 4.78 is 6.30. The number of anilines is 1. The molecule has 170 valence electrons. The summed E-state index contributed by atoms with van der Waals surface area (Å²) in [6.45, 7) is 8.59. The van der Waals surface area contributed by atoms with E-state index in [1.165, 1.54) is 5.56 Å². The van der Waals surface area contributed by atoms with E-state index in [1.54, 1.807) is 0 Å². The average Bonchev–Trinajstić information content (AvgIpc) is 2.83. The van der Waals surface area contributed by atoms with Crippen molar-refractivity contribution >= 4 is 39.3 Å². The second-order valence-corrected chi connectivity index (χ2v) is 9.94. The molecule has 5 heteroatoms. The molecule has 5 rings (SSSR count). The molecule has 34 heavy (non-hydrogen) atoms. The first-order valence-corrected chi connectivity index (χ1v) is 11.7. The van der Waals surface area contributed by atoms with Gasteiger partial charge in [-0.3, -0.25) is 5.43 Å². The van der Waals surface area contributed by atoms with Gasteiger partial charge in [-0.15, -0.1) is 0 Å². The molecule has 4 nitrogen and oxygen atoms in total. The van der Waals surface area contributed by atoms with Gasteiger partial charge in [0.05, 0.1) is 10.9 Å². The Hall–Kier alpha value is -3.63. The number of nitrogens with one attached hydrogen (secondary N) is 1. The fourth-order valence-corrected chi connectivity index (χ4v) is 4.07. The van der Waals surface area contributed by atoms with E-state index in [0.717, 1.165) is 44.1 Å². The maximum Gasteiger partial charge on any atom is 0.146 e. The zero-order chi connectivity index (χ0) is 23.9. The van der Waals surface area contributed by atoms with Crippen molar-refractivity contribution in [3.05, 3.63) is 100 Å². The minimum absolute atomic E-state index is 0.0875. The van der Waals surface area contributed by atoms with Crippen molar-refractivity contribution in [3.63, 3.8) is 0 Å². The summed E-state index contributed by atoms with van der Waals surface area (Å²) in [5, 5.41) is 8.01. The molecule has 5 aromatic rings. The van der Waals surface area contributed by atoms with Crippen LogP contribution in [0.3, 0.4) is 0 Å². The van der Waals surface area contributed by atoms with Crippen molar-refractivity contribution in [2.75, 3.05) is 5.43 Å². The molecule has 0 saturated heterocycles. The van der Waals surface area contributed by atoms with Gasteiger partial charge in [0.25, 0.3) is 0 Å². The van der Waals surface area contributed by atoms with Crippen LogP contribution in [0.15, 0.2) is 88.4 Å². The molecule has 0 amide bonds. The van der Waals surface area contributed by atoms with Crippen LogP contribution < -0.4 is 10.8 Å². The molecule has 2 heterocycles. The molecule has 3 aromatic carbocycles. The summed E-state index contributed by atoms with van der Waals surface area (Å²) in [6, 6.07) is 26.2. The number of hydrogen-bond donors (Lipinski definition) is 1. The lowest BCUT2D eigenvalue weighted by Gasteiger charge is -2.19. The summed E-state index contributed by atoms with van der Waals surface area (Å²) in [5.74, 6) is 1.41. The molecule has 0 unspecified atom stereocenters. The number of nitrogens with zero attached hydrogens (tertiary/aromatic N) is 2. The van der Waals surface area contributed by atoms with Crippen LogP contribution >= 0.6 is 11.6 Å². The lowest BCUT2D eigenvalue weighted by molar-refractivity contribution is 0.589. The largest absolute Gasteiger partial charge is 0.456 e. The lowest BCUT2D eigenvalue weighted by Crippen LogP contribution is -2.10. The molecule has 0 fully saturated rings. The van der Waals surface area contributed by atoms with E-state index in [4.69, 9.17) is 21.1 Å². The van der Waals surface area contributed by atoms with Crippen molar-refractivity contribution in [2.24, 2.45) is 5.10 Å². The number of pyridine rings is 1. The summed E-state index contributed by atoms with van der Waals surface area (Å²) in [6.07, 6.45) is 0. The molecule has 0 radical (unpaired) electrons. The predicted octanol–water partition coefficient (Wildman–Crippen LogP) is 7.84. The second-order valence-electron chi connectivity index (χ2n) is 9.53. The zero-order valence-electron chi connectivity index (χ0n) is 19.7. The van der Waals surface area contributed by atoms with Crippen LogP contribution in [0.25, 0.3) is 33.2 Å². The maximum absolute atomic E-state index is 6.44. The van der Waals surface area contributed by atoms with E-state index in [0.29, 0.717) is 10.8 Å². The van der Waals surface area contributed by atoms with Gasteiger partial charge in [-0.25, -0.2) is 4.98 Å². The SMILES string of the molecule is Cc1cc2oc(-c3ccc(C(C)(C)C)cc3)cc(=NNc3ccc4ccccc4n3)c2cc1Cl. The first-order valence-electron chi connectivity index (χ1n) is 11.3. The third-order valence-corrected chi connectivity index (χ3v) is 6.36. The highest BCUT2D eigenvalue weighted by Gasteiger charge is 2.14. The van der Waals surface area contributed by atoms with E-state index >= 15 is 0 Å². The number of hydrogen-bond acceptors (Lipinski definition) is 4. The van der Waals surface area contributed by atoms with E-state index in [9.17, 15) is 0 Å². The van der Waals surface area contributed by atoms with Gasteiger partial charge >= 0.3 is 0 Å². The Kier molecular flexibility index (Phi) is 5.62. The van der Waals surface area contributed by atoms with Crippen LogP contribution in [-0.2, 0) is 5.41 Å². The molecule has 0 aliphatic heterocycles. The number of aryl methyl sites for hydroxylation is 1. The zero-order valence-corrected chi connectivity index (χ0v) is 20.4. The first kappa shape index (κ1) is 22.2. The number of rotatable bonds is 3. The molecule has 0 spiro atoms. The average molecular weight is 468 g/mol. The Morgan fingerprint density at radius 3 is 2.44 bits per heavy atom. The molecule has 0 bridgehead atoms. The number of aromatic nitrogens is 1. The van der Waals surface area contributed by atoms with Gasteiger partial charge in [-0.05, 0) is 53.8 Å². The van der Waals surface area contributed by atoms with E-state index in [2.05, 4.69) is 55.4 Å². The Labute approximate surface area is 203 Å². The molecule has 0 aliphatic carbocycles. The minimum atomic E-state index is 0.0875. The number of fused-ring (bicyclic) bond motifs is 2. The van der Waals surface area contributed by atoms with Crippen molar-refractivity contribution in [1.29, 1.82) is 0 Å². The molecular formula is C29H26ClN3O. The van der Waals surface area contributed by atoms with Crippen LogP contribution in [0.5, 0.6) is 0 Å². The lowest BCUT2D eigenvalue weighted by atomic mass is 9.86. The summed E-state index contributed by atoms with van der Waals surface area (Å²) in [4.78, 5) is 4.66. The predicted molar refractivity (Wildman–Crippen MR) is 141 cm³/mol. The fraction of sp³-hybridized carbons (Fsp3) is 0.172. The molecular weight excluding hydrogens is 442 g/mol. The van der Waals surface area contributed by atoms with Crippen molar-refractivity contribution in [3.8, 4) is 11.3 Å². The van der Waals surface area contributed by atoms with E-state index in [1.807, 2.05) is 61.5 Å². The van der Waals surface area contributed by atoms with Crippen LogP contribution in [0.2, 0.25) is 5.02 Å². The molecule has 0 saturated carbocycles. The molecule has 0 aliphatic rings. The quantitative estimate of drug-likeness (QED) is 0.275. The Bertz CT molecular complexity index is 1580. The van der Waals surface area contributed by atoms with Gasteiger partial charge in [0.2, 0.25) is 0 Å².